The van der Waals surface area contributed by atoms with Crippen LogP contribution in [0.1, 0.15) is 36.7 Å². The quantitative estimate of drug-likeness (QED) is 0.341. The van der Waals surface area contributed by atoms with Gasteiger partial charge in [0.2, 0.25) is 11.8 Å². The van der Waals surface area contributed by atoms with Crippen molar-refractivity contribution in [1.29, 1.82) is 0 Å². The number of amides is 2. The van der Waals surface area contributed by atoms with E-state index >= 15 is 0 Å². The van der Waals surface area contributed by atoms with Crippen LogP contribution in [0.25, 0.3) is 6.08 Å². The van der Waals surface area contributed by atoms with E-state index in [-0.39, 0.29) is 24.1 Å². The smallest absolute Gasteiger partial charge is 0.244 e. The van der Waals surface area contributed by atoms with E-state index in [0.29, 0.717) is 21.9 Å². The first-order valence-corrected chi connectivity index (χ1v) is 11.8. The molecule has 2 aromatic carbocycles. The second-order valence-corrected chi connectivity index (χ2v) is 8.99. The molecule has 0 aliphatic carbocycles. The third kappa shape index (κ3) is 7.20. The first kappa shape index (κ1) is 24.5. The van der Waals surface area contributed by atoms with Gasteiger partial charge in [0.05, 0.1) is 12.3 Å². The molecule has 1 heterocycles. The van der Waals surface area contributed by atoms with Crippen LogP contribution in [0.4, 0.5) is 5.69 Å². The molecule has 2 N–H and O–H groups in total. The summed E-state index contributed by atoms with van der Waals surface area (Å²) in [7, 11) is 1.80. The van der Waals surface area contributed by atoms with Crippen molar-refractivity contribution >= 4 is 46.9 Å². The number of anilines is 1. The van der Waals surface area contributed by atoms with Crippen LogP contribution in [-0.4, -0.2) is 32.3 Å². The average Bonchev–Trinajstić information content (AvgIpc) is 3.15. The fourth-order valence-electron chi connectivity index (χ4n) is 2.90. The van der Waals surface area contributed by atoms with E-state index in [1.54, 1.807) is 23.8 Å². The van der Waals surface area contributed by atoms with Crippen LogP contribution in [0, 0.1) is 0 Å². The van der Waals surface area contributed by atoms with Gasteiger partial charge in [0.15, 0.2) is 11.0 Å². The monoisotopic (exact) mass is 483 g/mol. The van der Waals surface area contributed by atoms with Crippen molar-refractivity contribution < 1.29 is 9.59 Å². The van der Waals surface area contributed by atoms with Crippen molar-refractivity contribution in [2.45, 2.75) is 31.5 Å². The lowest BCUT2D eigenvalue weighted by Gasteiger charge is -2.08. The molecule has 0 spiro atoms. The number of nitrogens with zero attached hydrogens (tertiary/aromatic N) is 3. The van der Waals surface area contributed by atoms with Crippen LogP contribution in [0.3, 0.4) is 0 Å². The first-order chi connectivity index (χ1) is 15.8. The van der Waals surface area contributed by atoms with Crippen LogP contribution in [0.5, 0.6) is 0 Å². The van der Waals surface area contributed by atoms with Crippen molar-refractivity contribution in [2.24, 2.45) is 7.05 Å². The minimum atomic E-state index is -0.269. The highest BCUT2D eigenvalue weighted by atomic mass is 35.5. The van der Waals surface area contributed by atoms with Crippen LogP contribution in [-0.2, 0) is 23.2 Å². The lowest BCUT2D eigenvalue weighted by atomic mass is 10.0. The molecule has 0 saturated heterocycles. The highest BCUT2D eigenvalue weighted by molar-refractivity contribution is 7.99. The Kier molecular flexibility index (Phi) is 8.68. The third-order valence-electron chi connectivity index (χ3n) is 4.86. The molecule has 0 atom stereocenters. The number of aromatic nitrogens is 3. The van der Waals surface area contributed by atoms with E-state index in [2.05, 4.69) is 34.7 Å². The van der Waals surface area contributed by atoms with Crippen molar-refractivity contribution in [1.82, 2.24) is 20.1 Å². The fraction of sp³-hybridized carbons (Fsp3) is 0.250. The standard InChI is InChI=1S/C24H26ClN5O2S/c1-16(2)17-8-11-19(12-9-17)27-23(32)15-33-24-29-28-21(30(24)3)14-26-22(31)13-10-18-6-4-5-7-20(18)25/h4-13,16H,14-15H2,1-3H3,(H,26,31)(H,27,32)/b13-10+. The molecular formula is C24H26ClN5O2S. The summed E-state index contributed by atoms with van der Waals surface area (Å²) in [6.07, 6.45) is 3.08. The number of hydrogen-bond acceptors (Lipinski definition) is 5. The summed E-state index contributed by atoms with van der Waals surface area (Å²) in [4.78, 5) is 24.4. The molecule has 0 bridgehead atoms. The molecule has 0 saturated carbocycles. The largest absolute Gasteiger partial charge is 0.345 e. The zero-order valence-electron chi connectivity index (χ0n) is 18.7. The number of hydrogen-bond donors (Lipinski definition) is 2. The molecule has 0 fully saturated rings. The molecule has 2 amide bonds. The minimum absolute atomic E-state index is 0.125. The van der Waals surface area contributed by atoms with Crippen LogP contribution < -0.4 is 10.6 Å². The number of carbonyl (C=O) groups excluding carboxylic acids is 2. The number of carbonyl (C=O) groups is 2. The number of nitrogens with one attached hydrogen (secondary N) is 2. The zero-order chi connectivity index (χ0) is 23.8. The molecule has 0 radical (unpaired) electrons. The normalized spacial score (nSPS) is 11.2. The van der Waals surface area contributed by atoms with E-state index in [0.717, 1.165) is 11.3 Å². The second-order valence-electron chi connectivity index (χ2n) is 7.64. The van der Waals surface area contributed by atoms with Gasteiger partial charge in [-0.3, -0.25) is 9.59 Å². The van der Waals surface area contributed by atoms with Crippen LogP contribution >= 0.6 is 23.4 Å². The Morgan fingerprint density at radius 3 is 2.55 bits per heavy atom. The van der Waals surface area contributed by atoms with Crippen molar-refractivity contribution in [3.05, 3.63) is 76.6 Å². The molecule has 33 heavy (non-hydrogen) atoms. The Morgan fingerprint density at radius 2 is 1.85 bits per heavy atom. The van der Waals surface area contributed by atoms with Gasteiger partial charge in [0, 0.05) is 23.8 Å². The number of halogens is 1. The number of thioether (sulfide) groups is 1. The zero-order valence-corrected chi connectivity index (χ0v) is 20.3. The SMILES string of the molecule is CC(C)c1ccc(NC(=O)CSc2nnc(CNC(=O)/C=C/c3ccccc3Cl)n2C)cc1. The molecule has 9 heteroatoms. The summed E-state index contributed by atoms with van der Waals surface area (Å²) in [6, 6.07) is 15.1. The van der Waals surface area contributed by atoms with Gasteiger partial charge in [-0.2, -0.15) is 0 Å². The van der Waals surface area contributed by atoms with E-state index in [1.165, 1.54) is 23.4 Å². The van der Waals surface area contributed by atoms with Gasteiger partial charge in [-0.1, -0.05) is 67.5 Å². The highest BCUT2D eigenvalue weighted by Crippen LogP contribution is 2.19. The molecule has 172 valence electrons. The fourth-order valence-corrected chi connectivity index (χ4v) is 3.83. The first-order valence-electron chi connectivity index (χ1n) is 10.4. The molecule has 7 nitrogen and oxygen atoms in total. The summed E-state index contributed by atoms with van der Waals surface area (Å²) in [5, 5.41) is 15.1. The number of benzene rings is 2. The molecule has 0 aliphatic heterocycles. The van der Waals surface area contributed by atoms with Gasteiger partial charge in [-0.15, -0.1) is 10.2 Å². The lowest BCUT2D eigenvalue weighted by Crippen LogP contribution is -2.22. The van der Waals surface area contributed by atoms with E-state index in [1.807, 2.05) is 42.5 Å². The summed E-state index contributed by atoms with van der Waals surface area (Å²) in [5.41, 5.74) is 2.75. The summed E-state index contributed by atoms with van der Waals surface area (Å²) in [5.74, 6) is 0.834. The Hall–Kier alpha value is -3.10. The topological polar surface area (TPSA) is 88.9 Å². The average molecular weight is 484 g/mol. The number of rotatable bonds is 9. The Bertz CT molecular complexity index is 1140. The summed E-state index contributed by atoms with van der Waals surface area (Å²) < 4.78 is 1.76. The predicted molar refractivity (Wildman–Crippen MR) is 133 cm³/mol. The minimum Gasteiger partial charge on any atom is -0.345 e. The second kappa shape index (κ2) is 11.7. The van der Waals surface area contributed by atoms with Gasteiger partial charge in [0.25, 0.3) is 0 Å². The maximum Gasteiger partial charge on any atom is 0.244 e. The maximum atomic E-state index is 12.3. The summed E-state index contributed by atoms with van der Waals surface area (Å²) >= 11 is 7.37. The van der Waals surface area contributed by atoms with Gasteiger partial charge in [-0.05, 0) is 41.3 Å². The molecule has 0 unspecified atom stereocenters. The molecule has 1 aromatic heterocycles. The van der Waals surface area contributed by atoms with E-state index < -0.39 is 0 Å². The van der Waals surface area contributed by atoms with Gasteiger partial charge in [0.1, 0.15) is 0 Å². The van der Waals surface area contributed by atoms with Gasteiger partial charge >= 0.3 is 0 Å². The molecule has 3 rings (SSSR count). The molecule has 3 aromatic rings. The summed E-state index contributed by atoms with van der Waals surface area (Å²) in [6.45, 7) is 4.47. The van der Waals surface area contributed by atoms with Crippen molar-refractivity contribution in [3.8, 4) is 0 Å². The maximum absolute atomic E-state index is 12.3. The van der Waals surface area contributed by atoms with Crippen molar-refractivity contribution in [2.75, 3.05) is 11.1 Å². The molecular weight excluding hydrogens is 458 g/mol. The van der Waals surface area contributed by atoms with Gasteiger partial charge < -0.3 is 15.2 Å². The Morgan fingerprint density at radius 1 is 1.12 bits per heavy atom. The van der Waals surface area contributed by atoms with Crippen LogP contribution in [0.2, 0.25) is 5.02 Å². The van der Waals surface area contributed by atoms with Crippen LogP contribution in [0.15, 0.2) is 59.8 Å². The Labute approximate surface area is 202 Å². The lowest BCUT2D eigenvalue weighted by molar-refractivity contribution is -0.116. The third-order valence-corrected chi connectivity index (χ3v) is 6.22. The predicted octanol–water partition coefficient (Wildman–Crippen LogP) is 4.65. The molecule has 0 aliphatic rings. The highest BCUT2D eigenvalue weighted by Gasteiger charge is 2.12. The van der Waals surface area contributed by atoms with Crippen molar-refractivity contribution in [3.63, 3.8) is 0 Å². The van der Waals surface area contributed by atoms with Gasteiger partial charge in [-0.25, -0.2) is 0 Å². The van der Waals surface area contributed by atoms with E-state index in [4.69, 9.17) is 11.6 Å². The van der Waals surface area contributed by atoms with E-state index in [9.17, 15) is 9.59 Å². The Balaban J connectivity index is 1.47.